The van der Waals surface area contributed by atoms with Gasteiger partial charge in [-0.1, -0.05) is 188 Å². The van der Waals surface area contributed by atoms with Gasteiger partial charge in [-0.25, -0.2) is 4.98 Å². The van der Waals surface area contributed by atoms with Crippen LogP contribution in [0.1, 0.15) is 79.0 Å². The summed E-state index contributed by atoms with van der Waals surface area (Å²) in [7, 11) is 0. The van der Waals surface area contributed by atoms with Crippen LogP contribution in [0.15, 0.2) is 164 Å². The van der Waals surface area contributed by atoms with Crippen LogP contribution in [-0.4, -0.2) is 24.2 Å². The molecule has 0 saturated carbocycles. The van der Waals surface area contributed by atoms with E-state index in [1.807, 2.05) is 18.3 Å². The van der Waals surface area contributed by atoms with Crippen molar-refractivity contribution in [1.82, 2.24) is 19.1 Å². The van der Waals surface area contributed by atoms with Crippen molar-refractivity contribution in [1.29, 1.82) is 0 Å². The van der Waals surface area contributed by atoms with Crippen LogP contribution in [0.2, 0.25) is 0 Å². The number of pyridine rings is 1. The summed E-state index contributed by atoms with van der Waals surface area (Å²) in [5.74, 6) is 0.912. The molecule has 0 spiro atoms. The summed E-state index contributed by atoms with van der Waals surface area (Å²) in [6.07, 6.45) is 1.84. The number of benzene rings is 7. The van der Waals surface area contributed by atoms with Gasteiger partial charge in [-0.05, 0) is 92.4 Å². The van der Waals surface area contributed by atoms with E-state index in [-0.39, 0.29) is 43.1 Å². The molecule has 332 valence electrons. The van der Waals surface area contributed by atoms with Gasteiger partial charge < -0.3 is 9.67 Å². The van der Waals surface area contributed by atoms with Crippen LogP contribution in [0.5, 0.6) is 5.75 Å². The van der Waals surface area contributed by atoms with Crippen molar-refractivity contribution in [3.63, 3.8) is 0 Å². The van der Waals surface area contributed by atoms with Crippen molar-refractivity contribution in [2.45, 2.75) is 78.6 Å². The number of phenolic OH excluding ortho intramolecular Hbond substituents is 1. The molecule has 0 fully saturated rings. The van der Waals surface area contributed by atoms with Crippen molar-refractivity contribution in [2.24, 2.45) is 0 Å². The first kappa shape index (κ1) is 44.6. The van der Waals surface area contributed by atoms with Crippen molar-refractivity contribution in [3.05, 3.63) is 187 Å². The molecule has 3 heterocycles. The number of hydrogen-bond acceptors (Lipinski definition) is 3. The van der Waals surface area contributed by atoms with Crippen molar-refractivity contribution >= 4 is 32.8 Å². The summed E-state index contributed by atoms with van der Waals surface area (Å²) >= 11 is 0. The first-order valence-electron chi connectivity index (χ1n) is 22.6. The normalized spacial score (nSPS) is 12.3. The number of fused-ring (bicyclic) bond motifs is 4. The molecule has 6 heteroatoms. The van der Waals surface area contributed by atoms with Gasteiger partial charge in [-0.15, -0.1) is 12.1 Å². The third-order valence-electron chi connectivity index (χ3n) is 12.8. The molecule has 0 bridgehead atoms. The maximum absolute atomic E-state index is 12.7. The Morgan fingerprint density at radius 3 is 1.86 bits per heavy atom. The second-order valence-corrected chi connectivity index (χ2v) is 20.4. The van der Waals surface area contributed by atoms with Gasteiger partial charge in [-0.3, -0.25) is 9.55 Å². The number of rotatable bonds is 6. The van der Waals surface area contributed by atoms with Crippen LogP contribution in [0.3, 0.4) is 0 Å². The molecule has 0 amide bonds. The number of hydrogen-bond donors (Lipinski definition) is 1. The molecule has 0 aliphatic carbocycles. The maximum atomic E-state index is 12.7. The zero-order chi connectivity index (χ0) is 45.4. The fourth-order valence-electron chi connectivity index (χ4n) is 9.31. The molecule has 0 unspecified atom stereocenters. The fourth-order valence-corrected chi connectivity index (χ4v) is 9.31. The summed E-state index contributed by atoms with van der Waals surface area (Å²) < 4.78 is 4.65. The first-order valence-corrected chi connectivity index (χ1v) is 22.6. The molecule has 10 rings (SSSR count). The first-order chi connectivity index (χ1) is 31.1. The second-order valence-electron chi connectivity index (χ2n) is 20.4. The molecular weight excluding hydrogens is 988 g/mol. The average Bonchev–Trinajstić information content (AvgIpc) is 3.85. The van der Waals surface area contributed by atoms with E-state index in [1.165, 1.54) is 5.56 Å². The number of aromatic nitrogens is 4. The molecule has 10 aromatic rings. The van der Waals surface area contributed by atoms with E-state index >= 15 is 0 Å². The smallest absolute Gasteiger partial charge is 0.148 e. The quantitative estimate of drug-likeness (QED) is 0.169. The number of para-hydroxylation sites is 3. The molecule has 0 radical (unpaired) electrons. The van der Waals surface area contributed by atoms with Gasteiger partial charge in [0.15, 0.2) is 0 Å². The Morgan fingerprint density at radius 2 is 1.18 bits per heavy atom. The Balaban J connectivity index is 0.00000548. The minimum absolute atomic E-state index is 0. The molecule has 0 saturated heterocycles. The molecule has 0 atom stereocenters. The van der Waals surface area contributed by atoms with Crippen molar-refractivity contribution in [3.8, 4) is 62.0 Å². The van der Waals surface area contributed by atoms with Gasteiger partial charge in [0, 0.05) is 55.3 Å². The number of nitrogens with zero attached hydrogens (tertiary/aromatic N) is 4. The van der Waals surface area contributed by atoms with E-state index in [1.54, 1.807) is 0 Å². The summed E-state index contributed by atoms with van der Waals surface area (Å²) in [5.41, 5.74) is 15.0. The Bertz CT molecular complexity index is 3420. The standard InChI is InChI=1S/C60H55N4O.Pt/c1-58(2,3)40-30-31-52(45(35-40)38-21-12-10-13-22-38)64-53-29-20-26-44(54(53)62-57(64)48-36-41(59(4,5)6)37-49(56(48)65)60(7,8)9)47-34-39(50-27-18-19-32-61-50)33-46-43-25-16-17-28-51(43)63(55(46)47)42-23-14-11-15-24-42;/h10-33,35-37,65H,1-9H3;/q-1;. The minimum Gasteiger partial charge on any atom is -0.507 e. The summed E-state index contributed by atoms with van der Waals surface area (Å²) in [5, 5.41) is 14.9. The molecule has 3 aromatic heterocycles. The zero-order valence-electron chi connectivity index (χ0n) is 39.1. The molecule has 0 aliphatic heterocycles. The zero-order valence-corrected chi connectivity index (χ0v) is 41.4. The third kappa shape index (κ3) is 7.77. The van der Waals surface area contributed by atoms with E-state index in [9.17, 15) is 5.11 Å². The third-order valence-corrected chi connectivity index (χ3v) is 12.8. The molecule has 5 nitrogen and oxygen atoms in total. The van der Waals surface area contributed by atoms with Crippen LogP contribution in [0, 0.1) is 6.07 Å². The maximum Gasteiger partial charge on any atom is 0.148 e. The Labute approximate surface area is 403 Å². The van der Waals surface area contributed by atoms with E-state index < -0.39 is 0 Å². The summed E-state index contributed by atoms with van der Waals surface area (Å²) in [6, 6.07) is 59.7. The van der Waals surface area contributed by atoms with Crippen LogP contribution in [0.4, 0.5) is 0 Å². The molecule has 1 N–H and O–H groups in total. The van der Waals surface area contributed by atoms with Gasteiger partial charge in [0.2, 0.25) is 0 Å². The SMILES string of the molecule is CC(C)(C)c1ccc(-n2c(-c3cc(C(C)(C)C)cc(C(C)(C)C)c3O)nc3c(-c4[c-]c(-c5ccccn5)cc5c6ccccc6n(-c6ccccc6)c45)cccc32)c(-c2ccccc2)c1.[Pt]. The van der Waals surface area contributed by atoms with E-state index in [2.05, 4.69) is 223 Å². The van der Waals surface area contributed by atoms with Crippen LogP contribution in [-0.2, 0) is 37.3 Å². The van der Waals surface area contributed by atoms with E-state index in [0.717, 1.165) is 88.9 Å². The van der Waals surface area contributed by atoms with Crippen molar-refractivity contribution in [2.75, 3.05) is 0 Å². The predicted molar refractivity (Wildman–Crippen MR) is 272 cm³/mol. The average molecular weight is 1040 g/mol. The van der Waals surface area contributed by atoms with Crippen LogP contribution < -0.4 is 0 Å². The van der Waals surface area contributed by atoms with E-state index in [0.29, 0.717) is 11.4 Å². The van der Waals surface area contributed by atoms with Gasteiger partial charge in [0.05, 0.1) is 22.3 Å². The van der Waals surface area contributed by atoms with Gasteiger partial charge in [0.25, 0.3) is 0 Å². The fraction of sp³-hybridized carbons (Fsp3) is 0.200. The minimum atomic E-state index is -0.344. The second kappa shape index (κ2) is 16.7. The Kier molecular flexibility index (Phi) is 11.3. The van der Waals surface area contributed by atoms with Gasteiger partial charge in [-0.2, -0.15) is 0 Å². The molecule has 66 heavy (non-hydrogen) atoms. The largest absolute Gasteiger partial charge is 0.507 e. The molecule has 7 aromatic carbocycles. The topological polar surface area (TPSA) is 55.9 Å². The number of imidazole rings is 1. The van der Waals surface area contributed by atoms with Crippen LogP contribution >= 0.6 is 0 Å². The molecular formula is C60H55N4OPt-. The monoisotopic (exact) mass is 1040 g/mol. The number of phenols is 1. The molecule has 0 aliphatic rings. The summed E-state index contributed by atoms with van der Waals surface area (Å²) in [6.45, 7) is 20.0. The summed E-state index contributed by atoms with van der Waals surface area (Å²) in [4.78, 5) is 10.6. The van der Waals surface area contributed by atoms with Gasteiger partial charge in [0.1, 0.15) is 11.6 Å². The Morgan fingerprint density at radius 1 is 0.530 bits per heavy atom. The number of aromatic hydroxyl groups is 1. The van der Waals surface area contributed by atoms with Gasteiger partial charge >= 0.3 is 0 Å². The van der Waals surface area contributed by atoms with Crippen LogP contribution in [0.25, 0.3) is 89.1 Å². The van der Waals surface area contributed by atoms with Crippen molar-refractivity contribution < 1.29 is 26.2 Å². The van der Waals surface area contributed by atoms with E-state index in [4.69, 9.17) is 9.97 Å². The predicted octanol–water partition coefficient (Wildman–Crippen LogP) is 15.6. The Hall–Kier alpha value is -6.55.